The largest absolute Gasteiger partial charge is 0.192 e. The number of allylic oxidation sites excluding steroid dienone is 5. The molecule has 5 aromatic carbocycles. The molecule has 0 saturated heterocycles. The topological polar surface area (TPSA) is 119 Å². The van der Waals surface area contributed by atoms with E-state index in [1.54, 1.807) is 0 Å². The lowest BCUT2D eigenvalue weighted by molar-refractivity contribution is 0.589. The van der Waals surface area contributed by atoms with Gasteiger partial charge >= 0.3 is 0 Å². The van der Waals surface area contributed by atoms with Crippen LogP contribution in [0.15, 0.2) is 91.0 Å². The van der Waals surface area contributed by atoms with Crippen molar-refractivity contribution in [3.63, 3.8) is 0 Å². The first-order valence-corrected chi connectivity index (χ1v) is 23.9. The predicted octanol–water partition coefficient (Wildman–Crippen LogP) is 16.8. The molecule has 5 aromatic rings. The molecule has 0 radical (unpaired) electrons. The lowest BCUT2D eigenvalue weighted by Crippen LogP contribution is -2.12. The number of hydrogen-bond donors (Lipinski definition) is 0. The van der Waals surface area contributed by atoms with Crippen LogP contribution >= 0.6 is 0 Å². The molecule has 1 aliphatic carbocycles. The summed E-state index contributed by atoms with van der Waals surface area (Å²) >= 11 is 0. The SMILES string of the molecule is CC(C)(C)c1cc2cc(c1)/C(C#N)=C\c1cc(cc(C(C)(C)C)c1)/C(C#N)=C\c1cc(cc(C(C)(C)C)c1)/C(C#N)=C\c1cc(cc(C(C)(C)C)c1)/C(C#N)=C\c1cc(cc(C(C)(C)C)c1)/C(C#N)=C\2. The van der Waals surface area contributed by atoms with Crippen LogP contribution in [-0.2, 0) is 27.1 Å². The Morgan fingerprint density at radius 1 is 0.229 bits per heavy atom. The van der Waals surface area contributed by atoms with E-state index in [2.05, 4.69) is 195 Å². The molecule has 5 nitrogen and oxygen atoms in total. The standard InChI is InChI=1S/C65H65N5/c1-61(2,3)56-26-41-16-46(31-56)51(36-66)22-42-17-48(33-57(27-42)62(4,5)6)53(38-68)24-44-19-50(35-59(29-44)64(10,11)12)55(40-70)25-45-20-49(34-60(30-45)65(13,14)15)54(39-69)23-43-18-47(52(21-41)37-67)32-58(28-43)63(7,8)9/h16-35H,1-15H3/b51-22-,52-21-,53-24-,54-23-,55-25-. The molecule has 0 N–H and O–H groups in total. The van der Waals surface area contributed by atoms with Crippen LogP contribution < -0.4 is 0 Å². The minimum Gasteiger partial charge on any atom is -0.192 e. The molecule has 0 aromatic heterocycles. The smallest absolute Gasteiger partial charge is 0.0998 e. The van der Waals surface area contributed by atoms with Crippen LogP contribution in [0.25, 0.3) is 58.2 Å². The monoisotopic (exact) mass is 916 g/mol. The number of rotatable bonds is 0. The van der Waals surface area contributed by atoms with Gasteiger partial charge in [0.1, 0.15) is 0 Å². The highest BCUT2D eigenvalue weighted by Gasteiger charge is 2.23. The zero-order valence-corrected chi connectivity index (χ0v) is 43.8. The Morgan fingerprint density at radius 2 is 0.371 bits per heavy atom. The number of benzene rings is 5. The van der Waals surface area contributed by atoms with Crippen LogP contribution in [-0.4, -0.2) is 0 Å². The molecule has 0 spiro atoms. The summed E-state index contributed by atoms with van der Waals surface area (Å²) in [6.07, 6.45) is 9.43. The quantitative estimate of drug-likeness (QED) is 0.153. The fourth-order valence-corrected chi connectivity index (χ4v) is 8.35. The first-order chi connectivity index (χ1) is 32.5. The van der Waals surface area contributed by atoms with Crippen LogP contribution in [0.2, 0.25) is 0 Å². The molecule has 5 heteroatoms. The fraction of sp³-hybridized carbons (Fsp3) is 0.308. The molecule has 6 rings (SSSR count). The first kappa shape index (κ1) is 51.6. The van der Waals surface area contributed by atoms with Gasteiger partial charge in [-0.25, -0.2) is 0 Å². The van der Waals surface area contributed by atoms with E-state index in [1.807, 2.05) is 60.7 Å². The van der Waals surface area contributed by atoms with Crippen molar-refractivity contribution in [2.75, 3.05) is 0 Å². The van der Waals surface area contributed by atoms with Gasteiger partial charge in [-0.3, -0.25) is 0 Å². The maximum absolute atomic E-state index is 10.9. The number of hydrogen-bond acceptors (Lipinski definition) is 5. The molecular formula is C65H65N5. The van der Waals surface area contributed by atoms with Crippen molar-refractivity contribution in [1.29, 1.82) is 26.3 Å². The highest BCUT2D eigenvalue weighted by Crippen LogP contribution is 2.37. The van der Waals surface area contributed by atoms with Crippen molar-refractivity contribution in [3.05, 3.63) is 174 Å². The third-order valence-electron chi connectivity index (χ3n) is 12.8. The summed E-state index contributed by atoms with van der Waals surface area (Å²) in [5.74, 6) is 0. The highest BCUT2D eigenvalue weighted by atomic mass is 14.3. The second kappa shape index (κ2) is 19.3. The summed E-state index contributed by atoms with van der Waals surface area (Å²) in [7, 11) is 0. The van der Waals surface area contributed by atoms with Crippen molar-refractivity contribution < 1.29 is 0 Å². The molecule has 70 heavy (non-hydrogen) atoms. The third-order valence-corrected chi connectivity index (χ3v) is 12.8. The van der Waals surface area contributed by atoms with E-state index in [0.29, 0.717) is 55.7 Å². The molecule has 0 atom stereocenters. The molecule has 350 valence electrons. The Kier molecular flexibility index (Phi) is 14.3. The average molecular weight is 916 g/mol. The van der Waals surface area contributed by atoms with Gasteiger partial charge in [-0.05, 0) is 202 Å². The summed E-state index contributed by atoms with van der Waals surface area (Å²) in [5, 5.41) is 54.7. The Morgan fingerprint density at radius 3 is 0.486 bits per heavy atom. The number of fused-ring (bicyclic) bond motifs is 10. The number of nitriles is 5. The van der Waals surface area contributed by atoms with Gasteiger partial charge in [-0.15, -0.1) is 0 Å². The fourth-order valence-electron chi connectivity index (χ4n) is 8.35. The van der Waals surface area contributed by atoms with Crippen molar-refractivity contribution >= 4 is 58.2 Å². The molecule has 1 aliphatic rings. The molecule has 0 heterocycles. The lowest BCUT2D eigenvalue weighted by atomic mass is 9.82. The Hall–Kier alpha value is -7.75. The van der Waals surface area contributed by atoms with E-state index in [0.717, 1.165) is 55.6 Å². The molecule has 10 bridgehead atoms. The van der Waals surface area contributed by atoms with Gasteiger partial charge in [0.05, 0.1) is 58.2 Å². The van der Waals surface area contributed by atoms with Gasteiger partial charge in [-0.2, -0.15) is 26.3 Å². The zero-order chi connectivity index (χ0) is 51.7. The van der Waals surface area contributed by atoms with Crippen molar-refractivity contribution in [2.24, 2.45) is 0 Å². The van der Waals surface area contributed by atoms with Crippen molar-refractivity contribution in [2.45, 2.75) is 131 Å². The Labute approximate surface area is 418 Å². The zero-order valence-electron chi connectivity index (χ0n) is 43.8. The summed E-state index contributed by atoms with van der Waals surface area (Å²) in [5.41, 5.74) is 13.1. The van der Waals surface area contributed by atoms with Gasteiger partial charge in [0.15, 0.2) is 0 Å². The summed E-state index contributed by atoms with van der Waals surface area (Å²) in [6.45, 7) is 32.0. The summed E-state index contributed by atoms with van der Waals surface area (Å²) < 4.78 is 0. The van der Waals surface area contributed by atoms with Crippen LogP contribution in [0.5, 0.6) is 0 Å². The van der Waals surface area contributed by atoms with E-state index in [9.17, 15) is 26.3 Å². The maximum atomic E-state index is 10.9. The van der Waals surface area contributed by atoms with Crippen molar-refractivity contribution in [1.82, 2.24) is 0 Å². The van der Waals surface area contributed by atoms with Gasteiger partial charge in [0.2, 0.25) is 0 Å². The normalized spacial score (nSPS) is 17.4. The van der Waals surface area contributed by atoms with Crippen LogP contribution in [0.4, 0.5) is 0 Å². The van der Waals surface area contributed by atoms with Crippen LogP contribution in [0.1, 0.15) is 187 Å². The summed E-state index contributed by atoms with van der Waals surface area (Å²) in [6, 6.07) is 42.9. The van der Waals surface area contributed by atoms with Gasteiger partial charge < -0.3 is 0 Å². The van der Waals surface area contributed by atoms with E-state index < -0.39 is 0 Å². The van der Waals surface area contributed by atoms with E-state index in [1.165, 1.54) is 0 Å². The van der Waals surface area contributed by atoms with Crippen molar-refractivity contribution in [3.8, 4) is 30.3 Å². The molecule has 0 amide bonds. The summed E-state index contributed by atoms with van der Waals surface area (Å²) in [4.78, 5) is 0. The molecule has 0 unspecified atom stereocenters. The predicted molar refractivity (Wildman–Crippen MR) is 293 cm³/mol. The van der Waals surface area contributed by atoms with Crippen LogP contribution in [0, 0.1) is 56.7 Å². The van der Waals surface area contributed by atoms with E-state index >= 15 is 0 Å². The molecule has 0 fully saturated rings. The number of nitrogens with zero attached hydrogens (tertiary/aromatic N) is 5. The Balaban J connectivity index is 1.80. The highest BCUT2D eigenvalue weighted by molar-refractivity contribution is 5.98. The minimum absolute atomic E-state index is 0.297. The second-order valence-corrected chi connectivity index (χ2v) is 23.8. The van der Waals surface area contributed by atoms with E-state index in [4.69, 9.17) is 0 Å². The lowest BCUT2D eigenvalue weighted by Gasteiger charge is -2.22. The average Bonchev–Trinajstić information content (AvgIpc) is 3.27. The minimum atomic E-state index is -0.297. The maximum Gasteiger partial charge on any atom is 0.0998 e. The van der Waals surface area contributed by atoms with Gasteiger partial charge in [0, 0.05) is 0 Å². The van der Waals surface area contributed by atoms with Gasteiger partial charge in [0.25, 0.3) is 0 Å². The molecular weight excluding hydrogens is 851 g/mol. The third kappa shape index (κ3) is 12.1. The van der Waals surface area contributed by atoms with E-state index in [-0.39, 0.29) is 27.1 Å². The molecule has 0 saturated carbocycles. The first-order valence-electron chi connectivity index (χ1n) is 23.9. The van der Waals surface area contributed by atoms with Crippen LogP contribution in [0.3, 0.4) is 0 Å². The Bertz CT molecular complexity index is 2790. The second-order valence-electron chi connectivity index (χ2n) is 23.8. The van der Waals surface area contributed by atoms with Gasteiger partial charge in [-0.1, -0.05) is 134 Å². The molecule has 0 aliphatic heterocycles.